The van der Waals surface area contributed by atoms with Gasteiger partial charge in [-0.15, -0.1) is 0 Å². The highest BCUT2D eigenvalue weighted by molar-refractivity contribution is 5.84. The van der Waals surface area contributed by atoms with Crippen LogP contribution in [0.3, 0.4) is 0 Å². The Labute approximate surface area is 156 Å². The summed E-state index contributed by atoms with van der Waals surface area (Å²) in [4.78, 5) is 20.0. The lowest BCUT2D eigenvalue weighted by Gasteiger charge is -2.12. The van der Waals surface area contributed by atoms with E-state index >= 15 is 0 Å². The first-order chi connectivity index (χ1) is 12.9. The Bertz CT molecular complexity index is 1020. The van der Waals surface area contributed by atoms with Gasteiger partial charge in [-0.2, -0.15) is 0 Å². The number of methoxy groups -OCH3 is 1. The molecule has 3 N–H and O–H groups in total. The van der Waals surface area contributed by atoms with Gasteiger partial charge in [0.1, 0.15) is 11.6 Å². The van der Waals surface area contributed by atoms with Crippen LogP contribution >= 0.6 is 0 Å². The minimum Gasteiger partial charge on any atom is -0.453 e. The Morgan fingerprint density at radius 2 is 1.93 bits per heavy atom. The zero-order valence-corrected chi connectivity index (χ0v) is 15.2. The standard InChI is InChI=1S/C20H19FN4O2/c1-11-6-16(21)17(22)10-15(11)14-7-12(2)24-18(8-14)13-4-5-23-19(9-13)25-20(26)27-3/h4-10H,22H2,1-3H3,(H,23,25,26). The molecule has 0 unspecified atom stereocenters. The second-order valence-corrected chi connectivity index (χ2v) is 6.12. The van der Waals surface area contributed by atoms with Crippen molar-refractivity contribution < 1.29 is 13.9 Å². The van der Waals surface area contributed by atoms with Crippen molar-refractivity contribution in [2.45, 2.75) is 13.8 Å². The number of hydrogen-bond donors (Lipinski definition) is 2. The lowest BCUT2D eigenvalue weighted by atomic mass is 9.98. The number of carbonyl (C=O) groups is 1. The molecule has 0 aliphatic carbocycles. The van der Waals surface area contributed by atoms with E-state index in [2.05, 4.69) is 20.0 Å². The number of benzene rings is 1. The first-order valence-electron chi connectivity index (χ1n) is 8.23. The van der Waals surface area contributed by atoms with Crippen LogP contribution in [0.2, 0.25) is 0 Å². The first kappa shape index (κ1) is 18.3. The average molecular weight is 366 g/mol. The SMILES string of the molecule is COC(=O)Nc1cc(-c2cc(-c3cc(N)c(F)cc3C)cc(C)n2)ccn1. The van der Waals surface area contributed by atoms with Gasteiger partial charge in [0, 0.05) is 17.5 Å². The van der Waals surface area contributed by atoms with Crippen molar-refractivity contribution in [3.63, 3.8) is 0 Å². The molecule has 0 aliphatic heterocycles. The van der Waals surface area contributed by atoms with E-state index in [1.807, 2.05) is 26.0 Å². The molecule has 0 spiro atoms. The van der Waals surface area contributed by atoms with Crippen molar-refractivity contribution in [1.82, 2.24) is 9.97 Å². The van der Waals surface area contributed by atoms with Crippen LogP contribution < -0.4 is 11.1 Å². The molecule has 2 aromatic heterocycles. The third-order valence-corrected chi connectivity index (χ3v) is 4.08. The molecule has 0 aliphatic rings. The van der Waals surface area contributed by atoms with Gasteiger partial charge in [0.15, 0.2) is 0 Å². The molecule has 0 saturated carbocycles. The largest absolute Gasteiger partial charge is 0.453 e. The molecule has 0 saturated heterocycles. The molecule has 3 aromatic rings. The van der Waals surface area contributed by atoms with E-state index in [-0.39, 0.29) is 5.69 Å². The number of nitrogens with one attached hydrogen (secondary N) is 1. The van der Waals surface area contributed by atoms with E-state index in [0.717, 1.165) is 27.9 Å². The Kier molecular flexibility index (Phi) is 5.03. The average Bonchev–Trinajstić information content (AvgIpc) is 2.64. The second kappa shape index (κ2) is 7.41. The topological polar surface area (TPSA) is 90.1 Å². The molecule has 0 radical (unpaired) electrons. The van der Waals surface area contributed by atoms with Crippen LogP contribution in [-0.4, -0.2) is 23.2 Å². The summed E-state index contributed by atoms with van der Waals surface area (Å²) < 4.78 is 18.3. The first-order valence-corrected chi connectivity index (χ1v) is 8.23. The summed E-state index contributed by atoms with van der Waals surface area (Å²) in [6.07, 6.45) is 0.973. The van der Waals surface area contributed by atoms with Crippen LogP contribution in [0.1, 0.15) is 11.3 Å². The van der Waals surface area contributed by atoms with Crippen molar-refractivity contribution in [2.24, 2.45) is 0 Å². The Morgan fingerprint density at radius 3 is 2.67 bits per heavy atom. The Balaban J connectivity index is 2.06. The summed E-state index contributed by atoms with van der Waals surface area (Å²) in [5.41, 5.74) is 10.6. The lowest BCUT2D eigenvalue weighted by Crippen LogP contribution is -2.12. The van der Waals surface area contributed by atoms with Crippen molar-refractivity contribution >= 4 is 17.6 Å². The molecule has 0 fully saturated rings. The summed E-state index contributed by atoms with van der Waals surface area (Å²) in [5, 5.41) is 2.53. The highest BCUT2D eigenvalue weighted by atomic mass is 19.1. The van der Waals surface area contributed by atoms with Crippen LogP contribution in [0.4, 0.5) is 20.7 Å². The number of rotatable bonds is 3. The monoisotopic (exact) mass is 366 g/mol. The highest BCUT2D eigenvalue weighted by Crippen LogP contribution is 2.31. The number of carbonyl (C=O) groups excluding carboxylic acids is 1. The summed E-state index contributed by atoms with van der Waals surface area (Å²) >= 11 is 0. The summed E-state index contributed by atoms with van der Waals surface area (Å²) in [6.45, 7) is 3.71. The fourth-order valence-corrected chi connectivity index (χ4v) is 2.79. The third kappa shape index (κ3) is 4.03. The predicted molar refractivity (Wildman–Crippen MR) is 103 cm³/mol. The molecular weight excluding hydrogens is 347 g/mol. The molecule has 2 heterocycles. The van der Waals surface area contributed by atoms with Gasteiger partial charge in [-0.1, -0.05) is 0 Å². The number of hydrogen-bond acceptors (Lipinski definition) is 5. The molecule has 7 heteroatoms. The van der Waals surface area contributed by atoms with Crippen molar-refractivity contribution in [3.05, 3.63) is 59.7 Å². The number of nitrogens with two attached hydrogens (primary N) is 1. The van der Waals surface area contributed by atoms with Crippen LogP contribution in [0.25, 0.3) is 22.4 Å². The van der Waals surface area contributed by atoms with E-state index in [4.69, 9.17) is 5.73 Å². The van der Waals surface area contributed by atoms with Gasteiger partial charge in [-0.3, -0.25) is 10.3 Å². The molecule has 3 rings (SSSR count). The van der Waals surface area contributed by atoms with Crippen LogP contribution in [0.5, 0.6) is 0 Å². The maximum atomic E-state index is 13.7. The predicted octanol–water partition coefficient (Wildman–Crippen LogP) is 4.33. The number of halogens is 1. The molecule has 1 aromatic carbocycles. The normalized spacial score (nSPS) is 10.5. The van der Waals surface area contributed by atoms with Gasteiger partial charge in [0.25, 0.3) is 0 Å². The van der Waals surface area contributed by atoms with Gasteiger partial charge >= 0.3 is 6.09 Å². The number of nitrogen functional groups attached to an aromatic ring is 1. The van der Waals surface area contributed by atoms with E-state index in [1.54, 1.807) is 24.4 Å². The van der Waals surface area contributed by atoms with Crippen LogP contribution in [0.15, 0.2) is 42.6 Å². The fourth-order valence-electron chi connectivity index (χ4n) is 2.79. The number of pyridine rings is 2. The van der Waals surface area contributed by atoms with Crippen molar-refractivity contribution in [1.29, 1.82) is 0 Å². The van der Waals surface area contributed by atoms with Gasteiger partial charge in [-0.25, -0.2) is 14.2 Å². The molecule has 1 amide bonds. The van der Waals surface area contributed by atoms with Crippen molar-refractivity contribution in [3.8, 4) is 22.4 Å². The van der Waals surface area contributed by atoms with Gasteiger partial charge in [-0.05, 0) is 66.9 Å². The molecule has 0 bridgehead atoms. The number of ether oxygens (including phenoxy) is 1. The number of anilines is 2. The second-order valence-electron chi connectivity index (χ2n) is 6.12. The molecule has 6 nitrogen and oxygen atoms in total. The maximum Gasteiger partial charge on any atom is 0.412 e. The Morgan fingerprint density at radius 1 is 1.15 bits per heavy atom. The number of nitrogens with zero attached hydrogens (tertiary/aromatic N) is 2. The van der Waals surface area contributed by atoms with E-state index < -0.39 is 11.9 Å². The molecular formula is C20H19FN4O2. The lowest BCUT2D eigenvalue weighted by molar-refractivity contribution is 0.187. The number of amides is 1. The fraction of sp³-hybridized carbons (Fsp3) is 0.150. The summed E-state index contributed by atoms with van der Waals surface area (Å²) in [7, 11) is 1.28. The smallest absolute Gasteiger partial charge is 0.412 e. The quantitative estimate of drug-likeness (QED) is 0.674. The number of aryl methyl sites for hydroxylation is 2. The minimum absolute atomic E-state index is 0.0973. The maximum absolute atomic E-state index is 13.7. The Hall–Kier alpha value is -3.48. The van der Waals surface area contributed by atoms with E-state index in [9.17, 15) is 9.18 Å². The number of aromatic nitrogens is 2. The third-order valence-electron chi connectivity index (χ3n) is 4.08. The molecule has 138 valence electrons. The highest BCUT2D eigenvalue weighted by Gasteiger charge is 2.11. The molecule has 27 heavy (non-hydrogen) atoms. The van der Waals surface area contributed by atoms with Crippen LogP contribution in [0, 0.1) is 19.7 Å². The zero-order chi connectivity index (χ0) is 19.6. The zero-order valence-electron chi connectivity index (χ0n) is 15.2. The van der Waals surface area contributed by atoms with E-state index in [0.29, 0.717) is 11.5 Å². The summed E-state index contributed by atoms with van der Waals surface area (Å²) in [6, 6.07) is 10.3. The van der Waals surface area contributed by atoms with Gasteiger partial charge in [0.05, 0.1) is 18.5 Å². The van der Waals surface area contributed by atoms with Crippen LogP contribution in [-0.2, 0) is 4.74 Å². The van der Waals surface area contributed by atoms with E-state index in [1.165, 1.54) is 13.2 Å². The minimum atomic E-state index is -0.602. The van der Waals surface area contributed by atoms with Crippen molar-refractivity contribution in [2.75, 3.05) is 18.2 Å². The van der Waals surface area contributed by atoms with Gasteiger partial charge in [0.2, 0.25) is 0 Å². The molecule has 0 atom stereocenters. The summed E-state index contributed by atoms with van der Waals surface area (Å²) in [5.74, 6) is -0.0821. The van der Waals surface area contributed by atoms with Gasteiger partial charge < -0.3 is 10.5 Å².